The molecule has 0 saturated heterocycles. The van der Waals surface area contributed by atoms with Gasteiger partial charge in [0, 0.05) is 5.56 Å². The second kappa shape index (κ2) is 10.0. The number of carbonyl (C=O) groups is 1. The summed E-state index contributed by atoms with van der Waals surface area (Å²) in [4.78, 5) is 12.3. The van der Waals surface area contributed by atoms with Gasteiger partial charge in [0.15, 0.2) is 23.9 Å². The van der Waals surface area contributed by atoms with Crippen LogP contribution in [-0.2, 0) is 0 Å². The van der Waals surface area contributed by atoms with E-state index in [4.69, 9.17) is 19.5 Å². The zero-order valence-electron chi connectivity index (χ0n) is 15.8. The van der Waals surface area contributed by atoms with Crippen molar-refractivity contribution in [1.82, 2.24) is 0 Å². The van der Waals surface area contributed by atoms with Gasteiger partial charge in [0.2, 0.25) is 0 Å². The van der Waals surface area contributed by atoms with Crippen molar-refractivity contribution in [3.8, 4) is 23.3 Å². The summed E-state index contributed by atoms with van der Waals surface area (Å²) < 4.78 is 16.3. The molecule has 5 nitrogen and oxygen atoms in total. The van der Waals surface area contributed by atoms with E-state index in [0.29, 0.717) is 35.3 Å². The standard InChI is InChI=1S/C22H23NO4/c1-16(2)15-27-21-11-5-17(14-22(21)25-3)4-10-20(24)18-6-8-19(9-7-18)26-13-12-23/h4-11,14,16H,13,15H2,1-3H3. The highest BCUT2D eigenvalue weighted by Gasteiger charge is 2.07. The molecule has 0 aliphatic heterocycles. The van der Waals surface area contributed by atoms with Gasteiger partial charge >= 0.3 is 0 Å². The SMILES string of the molecule is COc1cc(C=CC(=O)c2ccc(OCC#N)cc2)ccc1OCC(C)C. The quantitative estimate of drug-likeness (QED) is 0.482. The number of benzene rings is 2. The van der Waals surface area contributed by atoms with Gasteiger partial charge in [-0.15, -0.1) is 0 Å². The molecule has 2 rings (SSSR count). The number of methoxy groups -OCH3 is 1. The maximum atomic E-state index is 12.3. The van der Waals surface area contributed by atoms with Crippen LogP contribution in [0.1, 0.15) is 29.8 Å². The molecule has 0 atom stereocenters. The van der Waals surface area contributed by atoms with Crippen LogP contribution < -0.4 is 14.2 Å². The molecule has 27 heavy (non-hydrogen) atoms. The van der Waals surface area contributed by atoms with E-state index in [9.17, 15) is 4.79 Å². The molecule has 0 bridgehead atoms. The average Bonchev–Trinajstić information content (AvgIpc) is 2.69. The Hall–Kier alpha value is -3.26. The van der Waals surface area contributed by atoms with E-state index in [2.05, 4.69) is 13.8 Å². The Morgan fingerprint density at radius 3 is 2.48 bits per heavy atom. The number of allylic oxidation sites excluding steroid dienone is 1. The highest BCUT2D eigenvalue weighted by Crippen LogP contribution is 2.29. The molecule has 0 aliphatic carbocycles. The summed E-state index contributed by atoms with van der Waals surface area (Å²) in [5.74, 6) is 2.16. The molecular formula is C22H23NO4. The summed E-state index contributed by atoms with van der Waals surface area (Å²) in [7, 11) is 1.59. The Balaban J connectivity index is 2.05. The summed E-state index contributed by atoms with van der Waals surface area (Å²) in [6, 6.07) is 14.1. The largest absolute Gasteiger partial charge is 0.493 e. The monoisotopic (exact) mass is 365 g/mol. The Labute approximate surface area is 159 Å². The second-order valence-electron chi connectivity index (χ2n) is 6.28. The minimum Gasteiger partial charge on any atom is -0.493 e. The first-order chi connectivity index (χ1) is 13.0. The highest BCUT2D eigenvalue weighted by atomic mass is 16.5. The van der Waals surface area contributed by atoms with Crippen molar-refractivity contribution in [2.24, 2.45) is 5.92 Å². The fourth-order valence-corrected chi connectivity index (χ4v) is 2.26. The minimum atomic E-state index is -0.124. The molecule has 0 radical (unpaired) electrons. The molecule has 0 aromatic heterocycles. The molecule has 2 aromatic rings. The van der Waals surface area contributed by atoms with Crippen molar-refractivity contribution in [2.75, 3.05) is 20.3 Å². The van der Waals surface area contributed by atoms with E-state index >= 15 is 0 Å². The second-order valence-corrected chi connectivity index (χ2v) is 6.28. The summed E-state index contributed by atoms with van der Waals surface area (Å²) in [5.41, 5.74) is 1.38. The van der Waals surface area contributed by atoms with Crippen molar-refractivity contribution in [3.05, 3.63) is 59.7 Å². The maximum absolute atomic E-state index is 12.3. The molecule has 0 amide bonds. The Morgan fingerprint density at radius 1 is 1.11 bits per heavy atom. The molecule has 0 unspecified atom stereocenters. The van der Waals surface area contributed by atoms with Gasteiger partial charge in [-0.2, -0.15) is 5.26 Å². The number of nitrogens with zero attached hydrogens (tertiary/aromatic N) is 1. The van der Waals surface area contributed by atoms with Crippen LogP contribution in [0.3, 0.4) is 0 Å². The van der Waals surface area contributed by atoms with Gasteiger partial charge in [-0.1, -0.05) is 26.0 Å². The van der Waals surface area contributed by atoms with E-state index in [1.165, 1.54) is 6.08 Å². The topological polar surface area (TPSA) is 68.5 Å². The molecule has 5 heteroatoms. The zero-order valence-corrected chi connectivity index (χ0v) is 15.8. The van der Waals surface area contributed by atoms with E-state index in [-0.39, 0.29) is 12.4 Å². The zero-order chi connectivity index (χ0) is 19.6. The number of ether oxygens (including phenoxy) is 3. The van der Waals surface area contributed by atoms with Gasteiger partial charge in [0.25, 0.3) is 0 Å². The molecule has 140 valence electrons. The number of rotatable bonds is 9. The number of ketones is 1. The van der Waals surface area contributed by atoms with Crippen LogP contribution in [0.5, 0.6) is 17.2 Å². The van der Waals surface area contributed by atoms with Gasteiger partial charge in [-0.25, -0.2) is 0 Å². The van der Waals surface area contributed by atoms with Crippen LogP contribution in [0.4, 0.5) is 0 Å². The number of hydrogen-bond donors (Lipinski definition) is 0. The lowest BCUT2D eigenvalue weighted by molar-refractivity contribution is 0.104. The molecule has 0 heterocycles. The van der Waals surface area contributed by atoms with Crippen molar-refractivity contribution in [1.29, 1.82) is 5.26 Å². The molecule has 0 N–H and O–H groups in total. The van der Waals surface area contributed by atoms with Crippen LogP contribution in [0.2, 0.25) is 0 Å². The predicted molar refractivity (Wildman–Crippen MR) is 104 cm³/mol. The first-order valence-electron chi connectivity index (χ1n) is 8.66. The van der Waals surface area contributed by atoms with Gasteiger partial charge in [-0.3, -0.25) is 4.79 Å². The Kier molecular flexibility index (Phi) is 7.45. The summed E-state index contributed by atoms with van der Waals surface area (Å²) in [6.45, 7) is 4.75. The summed E-state index contributed by atoms with van der Waals surface area (Å²) >= 11 is 0. The molecule has 2 aromatic carbocycles. The van der Waals surface area contributed by atoms with Gasteiger partial charge in [0.1, 0.15) is 11.8 Å². The molecule has 0 aliphatic rings. The van der Waals surface area contributed by atoms with E-state index in [1.807, 2.05) is 24.3 Å². The molecule has 0 fully saturated rings. The van der Waals surface area contributed by atoms with Crippen molar-refractivity contribution >= 4 is 11.9 Å². The van der Waals surface area contributed by atoms with E-state index in [1.54, 1.807) is 37.5 Å². The normalized spacial score (nSPS) is 10.6. The first kappa shape index (κ1) is 20.1. The molecule has 0 spiro atoms. The van der Waals surface area contributed by atoms with Crippen molar-refractivity contribution < 1.29 is 19.0 Å². The summed E-state index contributed by atoms with van der Waals surface area (Å²) in [6.07, 6.45) is 3.24. The van der Waals surface area contributed by atoms with Crippen LogP contribution in [-0.4, -0.2) is 26.1 Å². The van der Waals surface area contributed by atoms with Crippen molar-refractivity contribution in [2.45, 2.75) is 13.8 Å². The first-order valence-corrected chi connectivity index (χ1v) is 8.66. The van der Waals surface area contributed by atoms with E-state index < -0.39 is 0 Å². The molecule has 0 saturated carbocycles. The summed E-state index contributed by atoms with van der Waals surface area (Å²) in [5, 5.41) is 8.50. The van der Waals surface area contributed by atoms with E-state index in [0.717, 1.165) is 5.56 Å². The number of carbonyl (C=O) groups excluding carboxylic acids is 1. The minimum absolute atomic E-state index is 0.0219. The van der Waals surface area contributed by atoms with Crippen molar-refractivity contribution in [3.63, 3.8) is 0 Å². The average molecular weight is 365 g/mol. The fraction of sp³-hybridized carbons (Fsp3) is 0.273. The number of nitriles is 1. The number of hydrogen-bond acceptors (Lipinski definition) is 5. The van der Waals surface area contributed by atoms with Crippen LogP contribution in [0.25, 0.3) is 6.08 Å². The lowest BCUT2D eigenvalue weighted by Crippen LogP contribution is -2.05. The lowest BCUT2D eigenvalue weighted by atomic mass is 10.1. The van der Waals surface area contributed by atoms with Crippen LogP contribution in [0.15, 0.2) is 48.5 Å². The Bertz CT molecular complexity index is 832. The molecular weight excluding hydrogens is 342 g/mol. The lowest BCUT2D eigenvalue weighted by Gasteiger charge is -2.12. The highest BCUT2D eigenvalue weighted by molar-refractivity contribution is 6.06. The fourth-order valence-electron chi connectivity index (χ4n) is 2.26. The van der Waals surface area contributed by atoms with Gasteiger partial charge in [-0.05, 0) is 54.0 Å². The van der Waals surface area contributed by atoms with Gasteiger partial charge < -0.3 is 14.2 Å². The van der Waals surface area contributed by atoms with Crippen LogP contribution >= 0.6 is 0 Å². The van der Waals surface area contributed by atoms with Crippen LogP contribution in [0, 0.1) is 17.2 Å². The third-order valence-corrected chi connectivity index (χ3v) is 3.63. The predicted octanol–water partition coefficient (Wildman–Crippen LogP) is 4.53. The third kappa shape index (κ3) is 6.19. The third-order valence-electron chi connectivity index (χ3n) is 3.63. The maximum Gasteiger partial charge on any atom is 0.185 e. The smallest absolute Gasteiger partial charge is 0.185 e. The Morgan fingerprint density at radius 2 is 1.85 bits per heavy atom. The van der Waals surface area contributed by atoms with Gasteiger partial charge in [0.05, 0.1) is 13.7 Å².